The minimum atomic E-state index is -1.01. The van der Waals surface area contributed by atoms with Crippen molar-refractivity contribution in [3.8, 4) is 0 Å². The summed E-state index contributed by atoms with van der Waals surface area (Å²) in [6, 6.07) is 7.36. The van der Waals surface area contributed by atoms with Gasteiger partial charge in [-0.25, -0.2) is 0 Å². The summed E-state index contributed by atoms with van der Waals surface area (Å²) in [7, 11) is 1.50. The molecule has 1 heterocycles. The van der Waals surface area contributed by atoms with E-state index in [0.29, 0.717) is 12.2 Å². The molecule has 8 heteroatoms. The fourth-order valence-electron chi connectivity index (χ4n) is 2.61. The molecule has 1 aromatic carbocycles. The number of nitrogens with one attached hydrogen (secondary N) is 1. The van der Waals surface area contributed by atoms with Crippen molar-refractivity contribution in [2.75, 3.05) is 12.4 Å². The molecule has 0 aliphatic rings. The van der Waals surface area contributed by atoms with E-state index in [2.05, 4.69) is 11.1 Å². The number of anilines is 1. The first-order valence-corrected chi connectivity index (χ1v) is 8.34. The first-order valence-electron chi connectivity index (χ1n) is 8.34. The van der Waals surface area contributed by atoms with Crippen molar-refractivity contribution in [1.82, 2.24) is 4.57 Å². The van der Waals surface area contributed by atoms with E-state index in [1.165, 1.54) is 7.05 Å². The van der Waals surface area contributed by atoms with E-state index in [4.69, 9.17) is 10.2 Å². The first-order chi connectivity index (χ1) is 12.4. The molecule has 0 radical (unpaired) electrons. The highest BCUT2D eigenvalue weighted by atomic mass is 16.4. The minimum absolute atomic E-state index is 0.0461. The van der Waals surface area contributed by atoms with Crippen LogP contribution in [0, 0.1) is 0 Å². The highest BCUT2D eigenvalue weighted by molar-refractivity contribution is 5.95. The number of benzene rings is 1. The van der Waals surface area contributed by atoms with E-state index in [-0.39, 0.29) is 25.2 Å². The van der Waals surface area contributed by atoms with Gasteiger partial charge in [0.1, 0.15) is 0 Å². The molecule has 1 amide bonds. The highest BCUT2D eigenvalue weighted by Crippen LogP contribution is 2.24. The van der Waals surface area contributed by atoms with Gasteiger partial charge in [0.15, 0.2) is 0 Å². The number of carbonyl (C=O) groups excluding carboxylic acids is 1. The van der Waals surface area contributed by atoms with Gasteiger partial charge in [-0.1, -0.05) is 6.92 Å². The van der Waals surface area contributed by atoms with Crippen LogP contribution in [0.5, 0.6) is 0 Å². The monoisotopic (exact) mass is 363 g/mol. The number of carboxylic acids is 2. The Morgan fingerprint density at radius 2 is 1.69 bits per heavy atom. The third-order valence-electron chi connectivity index (χ3n) is 3.75. The van der Waals surface area contributed by atoms with Crippen LogP contribution in [0.1, 0.15) is 31.9 Å². The Morgan fingerprint density at radius 3 is 2.27 bits per heavy atom. The van der Waals surface area contributed by atoms with Crippen molar-refractivity contribution < 1.29 is 24.6 Å². The number of carbonyl (C=O) groups is 3. The standard InChI is InChI=1S/C17H20N2O5.CH5N/c1-2-13-10-11-9-12(18-15(20)5-6-16(21)22)3-4-14(11)19(13)8-7-17(23)24;1-2/h3-4,9-10H,2,5-8H2,1H3,(H,18,20)(H,21,22)(H,23,24);2H2,1H3. The van der Waals surface area contributed by atoms with Crippen molar-refractivity contribution >= 4 is 34.4 Å². The van der Waals surface area contributed by atoms with E-state index >= 15 is 0 Å². The molecule has 0 atom stereocenters. The Balaban J connectivity index is 0.00000163. The topological polar surface area (TPSA) is 135 Å². The van der Waals surface area contributed by atoms with Gasteiger partial charge in [0, 0.05) is 35.2 Å². The summed E-state index contributed by atoms with van der Waals surface area (Å²) in [5.74, 6) is -2.21. The second-order valence-electron chi connectivity index (χ2n) is 5.50. The van der Waals surface area contributed by atoms with Crippen LogP contribution in [0.2, 0.25) is 0 Å². The summed E-state index contributed by atoms with van der Waals surface area (Å²) in [5.41, 5.74) is 7.04. The molecule has 26 heavy (non-hydrogen) atoms. The number of amides is 1. The lowest BCUT2D eigenvalue weighted by molar-refractivity contribution is -0.138. The lowest BCUT2D eigenvalue weighted by atomic mass is 10.2. The maximum absolute atomic E-state index is 11.7. The van der Waals surface area contributed by atoms with Crippen molar-refractivity contribution in [2.24, 2.45) is 5.73 Å². The number of hydrogen-bond acceptors (Lipinski definition) is 4. The number of hydrogen-bond donors (Lipinski definition) is 4. The van der Waals surface area contributed by atoms with Gasteiger partial charge in [-0.15, -0.1) is 0 Å². The molecular weight excluding hydrogens is 338 g/mol. The fourth-order valence-corrected chi connectivity index (χ4v) is 2.61. The predicted octanol–water partition coefficient (Wildman–Crippen LogP) is 2.06. The molecule has 142 valence electrons. The average molecular weight is 363 g/mol. The van der Waals surface area contributed by atoms with E-state index in [1.54, 1.807) is 6.07 Å². The molecular formula is C18H25N3O5. The predicted molar refractivity (Wildman–Crippen MR) is 99.2 cm³/mol. The zero-order valence-electron chi connectivity index (χ0n) is 15.0. The van der Waals surface area contributed by atoms with Crippen LogP contribution in [0.3, 0.4) is 0 Å². The first kappa shape index (κ1) is 21.2. The van der Waals surface area contributed by atoms with Crippen LogP contribution in [0.4, 0.5) is 5.69 Å². The van der Waals surface area contributed by atoms with E-state index < -0.39 is 11.9 Å². The number of nitrogens with zero attached hydrogens (tertiary/aromatic N) is 1. The van der Waals surface area contributed by atoms with Gasteiger partial charge in [0.25, 0.3) is 0 Å². The number of aryl methyl sites for hydroxylation is 2. The molecule has 0 saturated carbocycles. The van der Waals surface area contributed by atoms with Gasteiger partial charge in [0.05, 0.1) is 12.8 Å². The molecule has 0 fully saturated rings. The molecule has 1 aromatic heterocycles. The van der Waals surface area contributed by atoms with Crippen molar-refractivity contribution in [3.63, 3.8) is 0 Å². The Bertz CT molecular complexity index is 782. The molecule has 0 unspecified atom stereocenters. The Kier molecular flexibility index (Phi) is 8.30. The van der Waals surface area contributed by atoms with Crippen molar-refractivity contribution in [3.05, 3.63) is 30.0 Å². The van der Waals surface area contributed by atoms with Gasteiger partial charge in [-0.3, -0.25) is 14.4 Å². The molecule has 0 aliphatic heterocycles. The van der Waals surface area contributed by atoms with Crippen LogP contribution < -0.4 is 11.1 Å². The number of rotatable bonds is 8. The third-order valence-corrected chi connectivity index (χ3v) is 3.75. The summed E-state index contributed by atoms with van der Waals surface area (Å²) < 4.78 is 1.97. The SMILES string of the molecule is CCc1cc2cc(NC(=O)CCC(=O)O)ccc2n1CCC(=O)O.CN. The zero-order valence-corrected chi connectivity index (χ0v) is 15.0. The lowest BCUT2D eigenvalue weighted by Crippen LogP contribution is -2.13. The summed E-state index contributed by atoms with van der Waals surface area (Å²) >= 11 is 0. The quantitative estimate of drug-likeness (QED) is 0.567. The van der Waals surface area contributed by atoms with Crippen LogP contribution in [0.15, 0.2) is 24.3 Å². The van der Waals surface area contributed by atoms with Crippen molar-refractivity contribution in [1.29, 1.82) is 0 Å². The minimum Gasteiger partial charge on any atom is -0.481 e. The molecule has 0 bridgehead atoms. The maximum atomic E-state index is 11.7. The summed E-state index contributed by atoms with van der Waals surface area (Å²) in [5, 5.41) is 21.1. The zero-order chi connectivity index (χ0) is 19.7. The number of nitrogens with two attached hydrogens (primary N) is 1. The lowest BCUT2D eigenvalue weighted by Gasteiger charge is -2.09. The molecule has 5 N–H and O–H groups in total. The number of aromatic nitrogens is 1. The molecule has 2 rings (SSSR count). The van der Waals surface area contributed by atoms with Crippen molar-refractivity contribution in [2.45, 2.75) is 39.2 Å². The molecule has 0 aliphatic carbocycles. The normalized spacial score (nSPS) is 10.1. The number of aliphatic carboxylic acids is 2. The molecule has 2 aromatic rings. The van der Waals surface area contributed by atoms with E-state index in [9.17, 15) is 14.4 Å². The Labute approximate surface area is 151 Å². The van der Waals surface area contributed by atoms with Gasteiger partial charge < -0.3 is 25.8 Å². The molecule has 8 nitrogen and oxygen atoms in total. The van der Waals surface area contributed by atoms with Gasteiger partial charge in [-0.05, 0) is 37.7 Å². The van der Waals surface area contributed by atoms with Crippen LogP contribution in [0.25, 0.3) is 10.9 Å². The number of fused-ring (bicyclic) bond motifs is 1. The number of carboxylic acid groups (broad SMARTS) is 2. The highest BCUT2D eigenvalue weighted by Gasteiger charge is 2.11. The summed E-state index contributed by atoms with van der Waals surface area (Å²) in [4.78, 5) is 33.0. The average Bonchev–Trinajstić information content (AvgIpc) is 2.96. The van der Waals surface area contributed by atoms with E-state index in [0.717, 1.165) is 23.0 Å². The largest absolute Gasteiger partial charge is 0.481 e. The van der Waals surface area contributed by atoms with Crippen LogP contribution in [-0.2, 0) is 27.3 Å². The third kappa shape index (κ3) is 5.89. The summed E-state index contributed by atoms with van der Waals surface area (Å²) in [6.07, 6.45) is 0.534. The maximum Gasteiger partial charge on any atom is 0.305 e. The second kappa shape index (κ2) is 10.2. The van der Waals surface area contributed by atoms with Gasteiger partial charge in [0.2, 0.25) is 5.91 Å². The smallest absolute Gasteiger partial charge is 0.305 e. The van der Waals surface area contributed by atoms with Gasteiger partial charge >= 0.3 is 11.9 Å². The second-order valence-corrected chi connectivity index (χ2v) is 5.50. The van der Waals surface area contributed by atoms with E-state index in [1.807, 2.05) is 29.7 Å². The van der Waals surface area contributed by atoms with Crippen LogP contribution in [-0.4, -0.2) is 39.7 Å². The molecule has 0 spiro atoms. The molecule has 0 saturated heterocycles. The Hall–Kier alpha value is -2.87. The van der Waals surface area contributed by atoms with Gasteiger partial charge in [-0.2, -0.15) is 0 Å². The summed E-state index contributed by atoms with van der Waals surface area (Å²) in [6.45, 7) is 2.40. The van der Waals surface area contributed by atoms with Crippen LogP contribution >= 0.6 is 0 Å². The Morgan fingerprint density at radius 1 is 1.04 bits per heavy atom. The fraction of sp³-hybridized carbons (Fsp3) is 0.389.